The first kappa shape index (κ1) is 16.4. The summed E-state index contributed by atoms with van der Waals surface area (Å²) < 4.78 is 13.4. The maximum Gasteiger partial charge on any atom is 0.126 e. The summed E-state index contributed by atoms with van der Waals surface area (Å²) in [7, 11) is 4.32. The third-order valence-corrected chi connectivity index (χ3v) is 4.71. The Morgan fingerprint density at radius 3 is 2.62 bits per heavy atom. The van der Waals surface area contributed by atoms with Crippen molar-refractivity contribution in [3.8, 4) is 0 Å². The average Bonchev–Trinajstić information content (AvgIpc) is 2.46. The minimum absolute atomic E-state index is 0.146. The van der Waals surface area contributed by atoms with Gasteiger partial charge in [-0.05, 0) is 70.1 Å². The fourth-order valence-electron chi connectivity index (χ4n) is 3.22. The highest BCUT2D eigenvalue weighted by Crippen LogP contribution is 2.24. The van der Waals surface area contributed by atoms with E-state index in [4.69, 9.17) is 5.73 Å². The predicted octanol–water partition coefficient (Wildman–Crippen LogP) is 2.41. The van der Waals surface area contributed by atoms with Crippen molar-refractivity contribution in [2.24, 2.45) is 11.7 Å². The second-order valence-electron chi connectivity index (χ2n) is 6.45. The van der Waals surface area contributed by atoms with Crippen LogP contribution in [0.1, 0.15) is 30.0 Å². The van der Waals surface area contributed by atoms with Crippen LogP contribution >= 0.6 is 0 Å². The van der Waals surface area contributed by atoms with Crippen LogP contribution in [0.5, 0.6) is 0 Å². The second-order valence-corrected chi connectivity index (χ2v) is 6.45. The molecule has 4 heteroatoms. The molecule has 1 saturated heterocycles. The highest BCUT2D eigenvalue weighted by atomic mass is 19.1. The van der Waals surface area contributed by atoms with Gasteiger partial charge in [0.2, 0.25) is 0 Å². The van der Waals surface area contributed by atoms with E-state index in [1.807, 2.05) is 19.1 Å². The third kappa shape index (κ3) is 4.25. The molecule has 21 heavy (non-hydrogen) atoms. The molecule has 1 unspecified atom stereocenters. The Bertz CT molecular complexity index is 455. The number of rotatable bonds is 5. The zero-order chi connectivity index (χ0) is 15.4. The summed E-state index contributed by atoms with van der Waals surface area (Å²) >= 11 is 0. The normalized spacial score (nSPS) is 19.1. The zero-order valence-electron chi connectivity index (χ0n) is 13.5. The van der Waals surface area contributed by atoms with E-state index < -0.39 is 0 Å². The number of piperidine rings is 1. The SMILES string of the molecule is Cc1cc(C(CN)N(C)CC2CCN(C)CC2)ccc1F. The molecule has 1 atom stereocenters. The van der Waals surface area contributed by atoms with Crippen molar-refractivity contribution in [1.82, 2.24) is 9.80 Å². The molecule has 3 nitrogen and oxygen atoms in total. The summed E-state index contributed by atoms with van der Waals surface area (Å²) in [6.07, 6.45) is 2.50. The number of benzene rings is 1. The fourth-order valence-corrected chi connectivity index (χ4v) is 3.22. The van der Waals surface area contributed by atoms with Crippen molar-refractivity contribution >= 4 is 0 Å². The topological polar surface area (TPSA) is 32.5 Å². The highest BCUT2D eigenvalue weighted by Gasteiger charge is 2.22. The molecule has 2 N–H and O–H groups in total. The Morgan fingerprint density at radius 1 is 1.38 bits per heavy atom. The molecule has 1 fully saturated rings. The maximum absolute atomic E-state index is 13.4. The molecule has 2 rings (SSSR count). The molecule has 0 amide bonds. The molecule has 0 spiro atoms. The van der Waals surface area contributed by atoms with Gasteiger partial charge >= 0.3 is 0 Å². The monoisotopic (exact) mass is 293 g/mol. The van der Waals surface area contributed by atoms with Crippen molar-refractivity contribution in [3.05, 3.63) is 35.1 Å². The zero-order valence-corrected chi connectivity index (χ0v) is 13.5. The summed E-state index contributed by atoms with van der Waals surface area (Å²) in [5, 5.41) is 0. The standard InChI is InChI=1S/C17H28FN3/c1-13-10-15(4-5-16(13)18)17(11-19)21(3)12-14-6-8-20(2)9-7-14/h4-5,10,14,17H,6-9,11-12,19H2,1-3H3. The molecule has 0 saturated carbocycles. The van der Waals surface area contributed by atoms with Crippen molar-refractivity contribution in [2.45, 2.75) is 25.8 Å². The summed E-state index contributed by atoms with van der Waals surface area (Å²) in [4.78, 5) is 4.73. The lowest BCUT2D eigenvalue weighted by atomic mass is 9.95. The van der Waals surface area contributed by atoms with Gasteiger partial charge in [-0.1, -0.05) is 12.1 Å². The number of hydrogen-bond donors (Lipinski definition) is 1. The van der Waals surface area contributed by atoms with Gasteiger partial charge in [0.05, 0.1) is 0 Å². The minimum atomic E-state index is -0.146. The number of nitrogens with zero attached hydrogens (tertiary/aromatic N) is 2. The second kappa shape index (κ2) is 7.34. The van der Waals surface area contributed by atoms with Crippen LogP contribution in [0.15, 0.2) is 18.2 Å². The van der Waals surface area contributed by atoms with Gasteiger partial charge < -0.3 is 10.6 Å². The van der Waals surface area contributed by atoms with Crippen LogP contribution < -0.4 is 5.73 Å². The largest absolute Gasteiger partial charge is 0.329 e. The van der Waals surface area contributed by atoms with Gasteiger partial charge in [0.25, 0.3) is 0 Å². The number of aryl methyl sites for hydroxylation is 1. The number of halogens is 1. The third-order valence-electron chi connectivity index (χ3n) is 4.71. The van der Waals surface area contributed by atoms with Gasteiger partial charge in [0, 0.05) is 19.1 Å². The first-order valence-corrected chi connectivity index (χ1v) is 7.86. The van der Waals surface area contributed by atoms with Crippen LogP contribution in [0.4, 0.5) is 4.39 Å². The molecule has 0 radical (unpaired) electrons. The van der Waals surface area contributed by atoms with Crippen LogP contribution in [-0.4, -0.2) is 50.1 Å². The van der Waals surface area contributed by atoms with Crippen LogP contribution in [0.2, 0.25) is 0 Å². The first-order valence-electron chi connectivity index (χ1n) is 7.86. The quantitative estimate of drug-likeness (QED) is 0.905. The van der Waals surface area contributed by atoms with E-state index >= 15 is 0 Å². The lowest BCUT2D eigenvalue weighted by Gasteiger charge is -2.35. The number of likely N-dealkylation sites (N-methyl/N-ethyl adjacent to an activating group) is 1. The van der Waals surface area contributed by atoms with Crippen LogP contribution in [0.25, 0.3) is 0 Å². The molecular formula is C17H28FN3. The Kier molecular flexibility index (Phi) is 5.73. The van der Waals surface area contributed by atoms with E-state index in [0.29, 0.717) is 12.1 Å². The van der Waals surface area contributed by atoms with Gasteiger partial charge in [0.1, 0.15) is 5.82 Å². The molecule has 0 bridgehead atoms. The van der Waals surface area contributed by atoms with E-state index in [1.54, 1.807) is 6.07 Å². The van der Waals surface area contributed by atoms with Crippen molar-refractivity contribution < 1.29 is 4.39 Å². The fraction of sp³-hybridized carbons (Fsp3) is 0.647. The lowest BCUT2D eigenvalue weighted by Crippen LogP contribution is -2.38. The Morgan fingerprint density at radius 2 is 2.05 bits per heavy atom. The van der Waals surface area contributed by atoms with Gasteiger partial charge in [-0.2, -0.15) is 0 Å². The molecular weight excluding hydrogens is 265 g/mol. The van der Waals surface area contributed by atoms with Crippen LogP contribution in [0.3, 0.4) is 0 Å². The highest BCUT2D eigenvalue weighted by molar-refractivity contribution is 5.26. The molecule has 1 aromatic rings. The van der Waals surface area contributed by atoms with Gasteiger partial charge in [0.15, 0.2) is 0 Å². The molecule has 118 valence electrons. The summed E-state index contributed by atoms with van der Waals surface area (Å²) in [5.74, 6) is 0.592. The first-order chi connectivity index (χ1) is 10.0. The minimum Gasteiger partial charge on any atom is -0.329 e. The van der Waals surface area contributed by atoms with Crippen LogP contribution in [-0.2, 0) is 0 Å². The van der Waals surface area contributed by atoms with Crippen molar-refractivity contribution in [3.63, 3.8) is 0 Å². The Hall–Kier alpha value is -0.970. The van der Waals surface area contributed by atoms with E-state index in [2.05, 4.69) is 23.9 Å². The lowest BCUT2D eigenvalue weighted by molar-refractivity contribution is 0.151. The summed E-state index contributed by atoms with van der Waals surface area (Å²) in [6.45, 7) is 5.80. The molecule has 0 aliphatic carbocycles. The average molecular weight is 293 g/mol. The van der Waals surface area contributed by atoms with Gasteiger partial charge in [-0.15, -0.1) is 0 Å². The molecule has 0 aromatic heterocycles. The van der Waals surface area contributed by atoms with E-state index in [0.717, 1.165) is 18.0 Å². The Balaban J connectivity index is 2.00. The molecule has 1 aliphatic rings. The van der Waals surface area contributed by atoms with Crippen molar-refractivity contribution in [2.75, 3.05) is 40.3 Å². The van der Waals surface area contributed by atoms with E-state index in [9.17, 15) is 4.39 Å². The predicted molar refractivity (Wildman–Crippen MR) is 85.8 cm³/mol. The smallest absolute Gasteiger partial charge is 0.126 e. The maximum atomic E-state index is 13.4. The van der Waals surface area contributed by atoms with Crippen LogP contribution in [0, 0.1) is 18.7 Å². The molecule has 1 heterocycles. The van der Waals surface area contributed by atoms with Crippen molar-refractivity contribution in [1.29, 1.82) is 0 Å². The summed E-state index contributed by atoms with van der Waals surface area (Å²) in [6, 6.07) is 5.52. The van der Waals surface area contributed by atoms with Gasteiger partial charge in [-0.25, -0.2) is 4.39 Å². The molecule has 1 aromatic carbocycles. The number of nitrogens with two attached hydrogens (primary N) is 1. The van der Waals surface area contributed by atoms with E-state index in [1.165, 1.54) is 25.9 Å². The number of hydrogen-bond acceptors (Lipinski definition) is 3. The van der Waals surface area contributed by atoms with E-state index in [-0.39, 0.29) is 11.9 Å². The van der Waals surface area contributed by atoms with Gasteiger partial charge in [-0.3, -0.25) is 4.90 Å². The molecule has 1 aliphatic heterocycles. The number of likely N-dealkylation sites (tertiary alicyclic amines) is 1. The summed E-state index contributed by atoms with van der Waals surface area (Å²) in [5.41, 5.74) is 7.79. The Labute approximate surface area is 127 Å².